The molecule has 0 bridgehead atoms. The van der Waals surface area contributed by atoms with Crippen LogP contribution in [0.4, 0.5) is 0 Å². The molecule has 1 aliphatic heterocycles. The zero-order valence-electron chi connectivity index (χ0n) is 16.7. The lowest BCUT2D eigenvalue weighted by atomic mass is 9.97. The molecule has 1 aromatic heterocycles. The summed E-state index contributed by atoms with van der Waals surface area (Å²) in [5.41, 5.74) is 2.02. The van der Waals surface area contributed by atoms with Crippen molar-refractivity contribution in [1.29, 1.82) is 5.26 Å². The number of likely N-dealkylation sites (tertiary alicyclic amines) is 1. The first-order chi connectivity index (χ1) is 14.2. The van der Waals surface area contributed by atoms with Gasteiger partial charge in [0.15, 0.2) is 0 Å². The van der Waals surface area contributed by atoms with Crippen LogP contribution >= 0.6 is 0 Å². The van der Waals surface area contributed by atoms with Crippen LogP contribution in [0.25, 0.3) is 21.9 Å². The van der Waals surface area contributed by atoms with E-state index in [9.17, 15) is 10.1 Å². The molecule has 5 heteroatoms. The molecule has 5 nitrogen and oxygen atoms in total. The van der Waals surface area contributed by atoms with Gasteiger partial charge in [-0.3, -0.25) is 9.36 Å². The first-order valence-corrected chi connectivity index (χ1v) is 10.2. The Labute approximate surface area is 170 Å². The maximum Gasteiger partial charge on any atom is 0.259 e. The van der Waals surface area contributed by atoms with Gasteiger partial charge < -0.3 is 9.64 Å². The topological polar surface area (TPSA) is 58.3 Å². The van der Waals surface area contributed by atoms with Crippen molar-refractivity contribution in [3.63, 3.8) is 0 Å². The molecule has 1 aliphatic rings. The molecule has 1 saturated heterocycles. The Hall–Kier alpha value is -3.10. The van der Waals surface area contributed by atoms with Crippen molar-refractivity contribution in [2.24, 2.45) is 0 Å². The highest BCUT2D eigenvalue weighted by Gasteiger charge is 2.19. The van der Waals surface area contributed by atoms with E-state index in [1.54, 1.807) is 17.7 Å². The van der Waals surface area contributed by atoms with Gasteiger partial charge in [0.25, 0.3) is 5.56 Å². The monoisotopic (exact) mass is 387 g/mol. The summed E-state index contributed by atoms with van der Waals surface area (Å²) < 4.78 is 7.04. The van der Waals surface area contributed by atoms with Crippen LogP contribution < -0.4 is 10.3 Å². The number of piperidine rings is 1. The average Bonchev–Trinajstić information content (AvgIpc) is 2.79. The summed E-state index contributed by atoms with van der Waals surface area (Å²) in [6.45, 7) is 3.42. The molecule has 148 valence electrons. The van der Waals surface area contributed by atoms with Gasteiger partial charge in [-0.15, -0.1) is 0 Å². The van der Waals surface area contributed by atoms with Crippen molar-refractivity contribution in [2.75, 3.05) is 26.7 Å². The van der Waals surface area contributed by atoms with Gasteiger partial charge in [-0.25, -0.2) is 0 Å². The third kappa shape index (κ3) is 3.76. The molecular formula is C24H25N3O2. The second-order valence-electron chi connectivity index (χ2n) is 7.47. The minimum Gasteiger partial charge on any atom is -0.497 e. The average molecular weight is 387 g/mol. The van der Waals surface area contributed by atoms with Crippen LogP contribution in [-0.4, -0.2) is 36.2 Å². The van der Waals surface area contributed by atoms with Gasteiger partial charge in [-0.2, -0.15) is 5.26 Å². The van der Waals surface area contributed by atoms with Crippen molar-refractivity contribution in [2.45, 2.75) is 25.8 Å². The lowest BCUT2D eigenvalue weighted by Gasteiger charge is -2.27. The van der Waals surface area contributed by atoms with Crippen molar-refractivity contribution in [1.82, 2.24) is 9.47 Å². The number of aromatic nitrogens is 1. The Kier molecular flexibility index (Phi) is 5.64. The first-order valence-electron chi connectivity index (χ1n) is 10.2. The van der Waals surface area contributed by atoms with Crippen molar-refractivity contribution < 1.29 is 4.74 Å². The van der Waals surface area contributed by atoms with E-state index < -0.39 is 0 Å². The highest BCUT2D eigenvalue weighted by Crippen LogP contribution is 2.32. The van der Waals surface area contributed by atoms with Crippen molar-refractivity contribution in [3.8, 4) is 22.9 Å². The zero-order chi connectivity index (χ0) is 20.2. The van der Waals surface area contributed by atoms with Gasteiger partial charge in [0.05, 0.1) is 7.11 Å². The highest BCUT2D eigenvalue weighted by molar-refractivity contribution is 5.99. The Morgan fingerprint density at radius 3 is 2.45 bits per heavy atom. The number of methoxy groups -OCH3 is 1. The Morgan fingerprint density at radius 1 is 1.00 bits per heavy atom. The van der Waals surface area contributed by atoms with Crippen LogP contribution in [0.5, 0.6) is 5.75 Å². The fraction of sp³-hybridized carbons (Fsp3) is 0.333. The van der Waals surface area contributed by atoms with Crippen molar-refractivity contribution >= 4 is 10.8 Å². The number of fused-ring (bicyclic) bond motifs is 1. The summed E-state index contributed by atoms with van der Waals surface area (Å²) >= 11 is 0. The van der Waals surface area contributed by atoms with Gasteiger partial charge >= 0.3 is 0 Å². The van der Waals surface area contributed by atoms with E-state index in [-0.39, 0.29) is 5.56 Å². The minimum absolute atomic E-state index is 0.115. The lowest BCUT2D eigenvalue weighted by molar-refractivity contribution is 0.220. The van der Waals surface area contributed by atoms with E-state index in [0.29, 0.717) is 23.4 Å². The van der Waals surface area contributed by atoms with Gasteiger partial charge in [-0.05, 0) is 49.7 Å². The molecule has 0 spiro atoms. The molecule has 0 unspecified atom stereocenters. The molecule has 0 aliphatic carbocycles. The molecule has 0 atom stereocenters. The molecule has 1 fully saturated rings. The Bertz CT molecular complexity index is 1110. The Morgan fingerprint density at radius 2 is 1.76 bits per heavy atom. The normalized spacial score (nSPS) is 14.6. The van der Waals surface area contributed by atoms with Gasteiger partial charge in [0.2, 0.25) is 0 Å². The third-order valence-electron chi connectivity index (χ3n) is 5.74. The lowest BCUT2D eigenvalue weighted by Crippen LogP contribution is -2.35. The molecule has 2 aromatic carbocycles. The molecule has 4 rings (SSSR count). The molecule has 3 aromatic rings. The molecule has 29 heavy (non-hydrogen) atoms. The number of ether oxygens (including phenoxy) is 1. The summed E-state index contributed by atoms with van der Waals surface area (Å²) in [6.07, 6.45) is 3.68. The van der Waals surface area contributed by atoms with Crippen LogP contribution in [0.1, 0.15) is 25.0 Å². The zero-order valence-corrected chi connectivity index (χ0v) is 16.7. The summed E-state index contributed by atoms with van der Waals surface area (Å²) in [4.78, 5) is 15.7. The smallest absolute Gasteiger partial charge is 0.259 e. The second kappa shape index (κ2) is 8.50. The largest absolute Gasteiger partial charge is 0.497 e. The molecule has 0 saturated carbocycles. The summed E-state index contributed by atoms with van der Waals surface area (Å²) in [6, 6.07) is 17.6. The fourth-order valence-electron chi connectivity index (χ4n) is 4.20. The molecule has 0 radical (unpaired) electrons. The Balaban J connectivity index is 1.90. The third-order valence-corrected chi connectivity index (χ3v) is 5.74. The summed E-state index contributed by atoms with van der Waals surface area (Å²) in [7, 11) is 1.61. The van der Waals surface area contributed by atoms with E-state index in [1.807, 2.05) is 42.5 Å². The van der Waals surface area contributed by atoms with E-state index in [4.69, 9.17) is 4.74 Å². The maximum absolute atomic E-state index is 13.3. The van der Waals surface area contributed by atoms with E-state index in [1.165, 1.54) is 19.3 Å². The number of pyridine rings is 1. The highest BCUT2D eigenvalue weighted by atomic mass is 16.5. The predicted molar refractivity (Wildman–Crippen MR) is 115 cm³/mol. The van der Waals surface area contributed by atoms with E-state index in [2.05, 4.69) is 11.0 Å². The quantitative estimate of drug-likeness (QED) is 0.663. The van der Waals surface area contributed by atoms with Crippen molar-refractivity contribution in [3.05, 3.63) is 64.6 Å². The van der Waals surface area contributed by atoms with Gasteiger partial charge in [-0.1, -0.05) is 36.8 Å². The minimum atomic E-state index is -0.115. The van der Waals surface area contributed by atoms with Crippen LogP contribution in [0, 0.1) is 11.3 Å². The maximum atomic E-state index is 13.3. The molecule has 0 N–H and O–H groups in total. The number of hydrogen-bond acceptors (Lipinski definition) is 4. The van der Waals surface area contributed by atoms with Crippen LogP contribution in [0.15, 0.2) is 53.3 Å². The van der Waals surface area contributed by atoms with E-state index >= 15 is 0 Å². The number of nitrogens with zero attached hydrogens (tertiary/aromatic N) is 3. The molecule has 2 heterocycles. The molecular weight excluding hydrogens is 362 g/mol. The van der Waals surface area contributed by atoms with Crippen LogP contribution in [0.2, 0.25) is 0 Å². The van der Waals surface area contributed by atoms with Gasteiger partial charge in [0, 0.05) is 29.4 Å². The SMILES string of the molecule is COc1ccc2c(=O)n(CCN3CCCCC3)c(C#N)c(-c3ccccc3)c2c1. The van der Waals surface area contributed by atoms with Gasteiger partial charge in [0.1, 0.15) is 17.5 Å². The van der Waals surface area contributed by atoms with Crippen LogP contribution in [-0.2, 0) is 6.54 Å². The molecule has 0 amide bonds. The number of nitriles is 1. The predicted octanol–water partition coefficient (Wildman–Crippen LogP) is 4.03. The first kappa shape index (κ1) is 19.2. The number of rotatable bonds is 5. The summed E-state index contributed by atoms with van der Waals surface area (Å²) in [5.74, 6) is 0.670. The standard InChI is InChI=1S/C24H25N3O2/c1-29-19-10-11-20-21(16-19)23(18-8-4-2-5-9-18)22(17-25)27(24(20)28)15-14-26-12-6-3-7-13-26/h2,4-5,8-11,16H,3,6-7,12-15H2,1H3. The fourth-order valence-corrected chi connectivity index (χ4v) is 4.20. The second-order valence-corrected chi connectivity index (χ2v) is 7.47. The summed E-state index contributed by atoms with van der Waals surface area (Å²) in [5, 5.41) is 11.4. The van der Waals surface area contributed by atoms with Crippen LogP contribution in [0.3, 0.4) is 0 Å². The number of hydrogen-bond donors (Lipinski definition) is 0. The van der Waals surface area contributed by atoms with E-state index in [0.717, 1.165) is 36.1 Å². The number of benzene rings is 2.